The van der Waals surface area contributed by atoms with Gasteiger partial charge in [-0.05, 0) is 18.1 Å². The zero-order valence-corrected chi connectivity index (χ0v) is 12.4. The fraction of sp³-hybridized carbons (Fsp3) is 0.235. The van der Waals surface area contributed by atoms with Crippen LogP contribution < -0.4 is 5.32 Å². The number of nitrogens with one attached hydrogen (secondary N) is 1. The lowest BCUT2D eigenvalue weighted by Gasteiger charge is -2.16. The fourth-order valence-electron chi connectivity index (χ4n) is 2.35. The number of nitrogens with zero attached hydrogens (tertiary/aromatic N) is 1. The quantitative estimate of drug-likeness (QED) is 0.644. The van der Waals surface area contributed by atoms with E-state index in [0.29, 0.717) is 5.69 Å². The third-order valence-corrected chi connectivity index (χ3v) is 3.42. The molecule has 114 valence electrons. The molecule has 0 bridgehead atoms. The number of rotatable bonds is 6. The zero-order chi connectivity index (χ0) is 15.9. The summed E-state index contributed by atoms with van der Waals surface area (Å²) in [4.78, 5) is 22.8. The van der Waals surface area contributed by atoms with Crippen LogP contribution in [0, 0.1) is 10.1 Å². The smallest absolute Gasteiger partial charge is 0.271 e. The highest BCUT2D eigenvalue weighted by atomic mass is 16.6. The Kier molecular flexibility index (Phi) is 5.25. The Balaban J connectivity index is 2.18. The van der Waals surface area contributed by atoms with Crippen LogP contribution in [0.5, 0.6) is 0 Å². The van der Waals surface area contributed by atoms with Gasteiger partial charge < -0.3 is 5.32 Å². The third kappa shape index (κ3) is 3.91. The molecule has 2 rings (SSSR count). The van der Waals surface area contributed by atoms with Crippen LogP contribution in [0.3, 0.4) is 0 Å². The van der Waals surface area contributed by atoms with E-state index in [-0.39, 0.29) is 17.5 Å². The number of hydrogen-bond donors (Lipinski definition) is 1. The second kappa shape index (κ2) is 7.36. The molecule has 1 atom stereocenters. The summed E-state index contributed by atoms with van der Waals surface area (Å²) in [6.45, 7) is 2.02. The maximum Gasteiger partial charge on any atom is 0.271 e. The van der Waals surface area contributed by atoms with Gasteiger partial charge >= 0.3 is 0 Å². The molecule has 5 heteroatoms. The van der Waals surface area contributed by atoms with E-state index >= 15 is 0 Å². The predicted molar refractivity (Wildman–Crippen MR) is 85.8 cm³/mol. The molecule has 0 aliphatic rings. The van der Waals surface area contributed by atoms with Crippen molar-refractivity contribution in [2.24, 2.45) is 0 Å². The predicted octanol–water partition coefficient (Wildman–Crippen LogP) is 4.12. The van der Waals surface area contributed by atoms with E-state index in [4.69, 9.17) is 0 Å². The number of hydrogen-bond acceptors (Lipinski definition) is 3. The third-order valence-electron chi connectivity index (χ3n) is 3.42. The van der Waals surface area contributed by atoms with E-state index in [9.17, 15) is 14.9 Å². The number of carbonyl (C=O) groups is 1. The van der Waals surface area contributed by atoms with Crippen LogP contribution in [-0.2, 0) is 4.79 Å². The average molecular weight is 298 g/mol. The summed E-state index contributed by atoms with van der Waals surface area (Å²) in [5, 5.41) is 13.6. The van der Waals surface area contributed by atoms with Gasteiger partial charge in [-0.1, -0.05) is 49.7 Å². The molecule has 22 heavy (non-hydrogen) atoms. The number of amides is 1. The number of non-ortho nitro benzene ring substituents is 1. The molecule has 1 amide bonds. The topological polar surface area (TPSA) is 72.2 Å². The lowest BCUT2D eigenvalue weighted by atomic mass is 9.93. The second-order valence-corrected chi connectivity index (χ2v) is 5.05. The first-order valence-corrected chi connectivity index (χ1v) is 7.22. The molecule has 0 spiro atoms. The average Bonchev–Trinajstić information content (AvgIpc) is 2.53. The van der Waals surface area contributed by atoms with Crippen LogP contribution in [0.25, 0.3) is 0 Å². The Morgan fingerprint density at radius 2 is 1.91 bits per heavy atom. The SMILES string of the molecule is CCC[C@H](C(=O)Nc1cccc([N+](=O)[O-])c1)c1ccccc1. The maximum absolute atomic E-state index is 12.5. The highest BCUT2D eigenvalue weighted by Crippen LogP contribution is 2.24. The first-order valence-electron chi connectivity index (χ1n) is 7.22. The summed E-state index contributed by atoms with van der Waals surface area (Å²) in [6, 6.07) is 15.5. The summed E-state index contributed by atoms with van der Waals surface area (Å²) in [5.41, 5.74) is 1.35. The van der Waals surface area contributed by atoms with E-state index in [2.05, 4.69) is 5.32 Å². The van der Waals surface area contributed by atoms with Crippen molar-refractivity contribution in [2.75, 3.05) is 5.32 Å². The summed E-state index contributed by atoms with van der Waals surface area (Å²) >= 11 is 0. The molecular weight excluding hydrogens is 280 g/mol. The maximum atomic E-state index is 12.5. The highest BCUT2D eigenvalue weighted by molar-refractivity contribution is 5.96. The minimum atomic E-state index is -0.476. The van der Waals surface area contributed by atoms with Crippen molar-refractivity contribution in [3.8, 4) is 0 Å². The molecule has 0 aliphatic carbocycles. The lowest BCUT2D eigenvalue weighted by Crippen LogP contribution is -2.21. The van der Waals surface area contributed by atoms with Gasteiger partial charge in [-0.2, -0.15) is 0 Å². The Hall–Kier alpha value is -2.69. The summed E-state index contributed by atoms with van der Waals surface area (Å²) in [7, 11) is 0. The van der Waals surface area contributed by atoms with Crippen LogP contribution in [0.4, 0.5) is 11.4 Å². The molecule has 0 aliphatic heterocycles. The number of benzene rings is 2. The van der Waals surface area contributed by atoms with E-state index in [1.165, 1.54) is 12.1 Å². The zero-order valence-electron chi connectivity index (χ0n) is 12.4. The molecule has 0 fully saturated rings. The number of anilines is 1. The van der Waals surface area contributed by atoms with Crippen molar-refractivity contribution in [3.05, 3.63) is 70.3 Å². The highest BCUT2D eigenvalue weighted by Gasteiger charge is 2.20. The van der Waals surface area contributed by atoms with Gasteiger partial charge in [0.05, 0.1) is 10.8 Å². The molecule has 5 nitrogen and oxygen atoms in total. The molecule has 0 aromatic heterocycles. The number of nitro groups is 1. The lowest BCUT2D eigenvalue weighted by molar-refractivity contribution is -0.384. The minimum Gasteiger partial charge on any atom is -0.325 e. The van der Waals surface area contributed by atoms with Crippen LogP contribution in [-0.4, -0.2) is 10.8 Å². The van der Waals surface area contributed by atoms with Crippen molar-refractivity contribution >= 4 is 17.3 Å². The molecule has 0 saturated heterocycles. The van der Waals surface area contributed by atoms with E-state index < -0.39 is 4.92 Å². The van der Waals surface area contributed by atoms with Crippen LogP contribution in [0.15, 0.2) is 54.6 Å². The summed E-state index contributed by atoms with van der Waals surface area (Å²) in [5.74, 6) is -0.404. The minimum absolute atomic E-state index is 0.0375. The Morgan fingerprint density at radius 1 is 1.18 bits per heavy atom. The molecular formula is C17H18N2O3. The molecule has 0 heterocycles. The molecule has 0 unspecified atom stereocenters. The van der Waals surface area contributed by atoms with Gasteiger partial charge in [0.15, 0.2) is 0 Å². The van der Waals surface area contributed by atoms with Gasteiger partial charge in [0.25, 0.3) is 5.69 Å². The van der Waals surface area contributed by atoms with Gasteiger partial charge in [-0.15, -0.1) is 0 Å². The number of nitro benzene ring substituents is 1. The normalized spacial score (nSPS) is 11.7. The van der Waals surface area contributed by atoms with Crippen LogP contribution in [0.1, 0.15) is 31.2 Å². The van der Waals surface area contributed by atoms with Gasteiger partial charge in [-0.25, -0.2) is 0 Å². The Bertz CT molecular complexity index is 656. The van der Waals surface area contributed by atoms with E-state index in [0.717, 1.165) is 18.4 Å². The van der Waals surface area contributed by atoms with E-state index in [1.807, 2.05) is 37.3 Å². The molecule has 2 aromatic carbocycles. The Morgan fingerprint density at radius 3 is 2.55 bits per heavy atom. The molecule has 0 saturated carbocycles. The Labute approximate surface area is 129 Å². The largest absolute Gasteiger partial charge is 0.325 e. The van der Waals surface area contributed by atoms with Crippen molar-refractivity contribution in [2.45, 2.75) is 25.7 Å². The van der Waals surface area contributed by atoms with Crippen molar-refractivity contribution in [1.82, 2.24) is 0 Å². The second-order valence-electron chi connectivity index (χ2n) is 5.05. The van der Waals surface area contributed by atoms with Crippen molar-refractivity contribution < 1.29 is 9.72 Å². The first-order chi connectivity index (χ1) is 10.6. The molecule has 1 N–H and O–H groups in total. The molecule has 2 aromatic rings. The van der Waals surface area contributed by atoms with Gasteiger partial charge in [0, 0.05) is 17.8 Å². The van der Waals surface area contributed by atoms with Crippen molar-refractivity contribution in [3.63, 3.8) is 0 Å². The standard InChI is InChI=1S/C17H18N2O3/c1-2-7-16(13-8-4-3-5-9-13)17(20)18-14-10-6-11-15(12-14)19(21)22/h3-6,8-12,16H,2,7H2,1H3,(H,18,20)/t16-/m0/s1. The van der Waals surface area contributed by atoms with Gasteiger partial charge in [-0.3, -0.25) is 14.9 Å². The fourth-order valence-corrected chi connectivity index (χ4v) is 2.35. The summed E-state index contributed by atoms with van der Waals surface area (Å²) in [6.07, 6.45) is 1.60. The van der Waals surface area contributed by atoms with Crippen LogP contribution in [0.2, 0.25) is 0 Å². The van der Waals surface area contributed by atoms with Crippen molar-refractivity contribution in [1.29, 1.82) is 0 Å². The van der Waals surface area contributed by atoms with Gasteiger partial charge in [0.2, 0.25) is 5.91 Å². The van der Waals surface area contributed by atoms with Gasteiger partial charge in [0.1, 0.15) is 0 Å². The van der Waals surface area contributed by atoms with Crippen LogP contribution >= 0.6 is 0 Å². The number of carbonyl (C=O) groups excluding carboxylic acids is 1. The van der Waals surface area contributed by atoms with E-state index in [1.54, 1.807) is 12.1 Å². The monoisotopic (exact) mass is 298 g/mol. The molecule has 0 radical (unpaired) electrons. The summed E-state index contributed by atoms with van der Waals surface area (Å²) < 4.78 is 0. The first kappa shape index (κ1) is 15.7.